The van der Waals surface area contributed by atoms with Crippen LogP contribution >= 0.6 is 0 Å². The van der Waals surface area contributed by atoms with E-state index < -0.39 is 28.8 Å². The average Bonchev–Trinajstić information content (AvgIpc) is 3.37. The van der Waals surface area contributed by atoms with Crippen LogP contribution in [0.5, 0.6) is 11.5 Å². The van der Waals surface area contributed by atoms with Crippen LogP contribution in [0, 0.1) is 10.8 Å². The molecule has 0 saturated carbocycles. The highest BCUT2D eigenvalue weighted by Gasteiger charge is 2.73. The molecule has 0 N–H and O–H groups in total. The maximum atomic E-state index is 14.7. The Hall–Kier alpha value is -4.26. The van der Waals surface area contributed by atoms with Crippen LogP contribution < -0.4 is 9.47 Å². The van der Waals surface area contributed by atoms with Gasteiger partial charge in [-0.25, -0.2) is 0 Å². The van der Waals surface area contributed by atoms with Crippen LogP contribution in [0.1, 0.15) is 70.1 Å². The molecular formula is C32H30N2O5. The maximum Gasteiger partial charge on any atom is 0.180 e. The van der Waals surface area contributed by atoms with Crippen molar-refractivity contribution < 1.29 is 23.9 Å². The van der Waals surface area contributed by atoms with Gasteiger partial charge in [0.25, 0.3) is 0 Å². The topological polar surface area (TPSA) is 85.3 Å². The Morgan fingerprint density at radius 2 is 1.49 bits per heavy atom. The normalized spacial score (nSPS) is 22.5. The Bertz CT molecular complexity index is 1530. The average molecular weight is 523 g/mol. The zero-order valence-corrected chi connectivity index (χ0v) is 22.6. The van der Waals surface area contributed by atoms with E-state index in [2.05, 4.69) is 0 Å². The quantitative estimate of drug-likeness (QED) is 0.436. The predicted octanol–water partition coefficient (Wildman–Crippen LogP) is 5.24. The van der Waals surface area contributed by atoms with Crippen molar-refractivity contribution in [2.45, 2.75) is 38.8 Å². The summed E-state index contributed by atoms with van der Waals surface area (Å²) in [6.45, 7) is 5.57. The van der Waals surface area contributed by atoms with Crippen LogP contribution in [0.2, 0.25) is 0 Å². The molecule has 3 atom stereocenters. The second kappa shape index (κ2) is 8.63. The number of rotatable bonds is 4. The lowest BCUT2D eigenvalue weighted by atomic mass is 9.62. The highest BCUT2D eigenvalue weighted by Crippen LogP contribution is 2.65. The van der Waals surface area contributed by atoms with Gasteiger partial charge < -0.3 is 9.47 Å². The van der Waals surface area contributed by atoms with Crippen LogP contribution in [0.3, 0.4) is 0 Å². The van der Waals surface area contributed by atoms with E-state index in [1.165, 1.54) is 7.11 Å². The molecule has 39 heavy (non-hydrogen) atoms. The second-order valence-electron chi connectivity index (χ2n) is 11.4. The first kappa shape index (κ1) is 25.0. The molecule has 198 valence electrons. The summed E-state index contributed by atoms with van der Waals surface area (Å²) in [7, 11) is 3.09. The first-order valence-corrected chi connectivity index (χ1v) is 13.0. The molecule has 1 spiro atoms. The first-order chi connectivity index (χ1) is 18.7. The van der Waals surface area contributed by atoms with E-state index in [0.29, 0.717) is 28.2 Å². The Morgan fingerprint density at radius 1 is 0.872 bits per heavy atom. The fourth-order valence-electron chi connectivity index (χ4n) is 6.64. The number of benzene rings is 3. The largest absolute Gasteiger partial charge is 0.493 e. The van der Waals surface area contributed by atoms with Gasteiger partial charge in [-0.2, -0.15) is 5.10 Å². The van der Waals surface area contributed by atoms with Crippen LogP contribution in [-0.4, -0.2) is 48.8 Å². The van der Waals surface area contributed by atoms with Gasteiger partial charge in [-0.1, -0.05) is 75.4 Å². The number of nitrogens with zero attached hydrogens (tertiary/aromatic N) is 2. The second-order valence-corrected chi connectivity index (χ2v) is 11.4. The van der Waals surface area contributed by atoms with Crippen molar-refractivity contribution in [2.75, 3.05) is 14.2 Å². The third-order valence-electron chi connectivity index (χ3n) is 8.35. The Labute approximate surface area is 227 Å². The zero-order valence-electron chi connectivity index (χ0n) is 22.6. The smallest absolute Gasteiger partial charge is 0.180 e. The summed E-state index contributed by atoms with van der Waals surface area (Å²) in [5.74, 6) is -0.526. The molecule has 0 aromatic heterocycles. The number of Topliss-reactive ketones (excluding diaryl/α,β-unsaturated/α-hetero) is 3. The standard InChI is InChI=1S/C32H30N2O5/c1-31(2,3)30(37)26-25(18-14-15-23(38-4)24(16-18)39-5)32(28(35)21-12-8-9-13-22(21)29(32)36)27-20-11-7-6-10-19(20)17-33-34(26)27/h6-17,25-27H,1-5H3/t25-,26+,27?/m0/s1. The molecule has 1 saturated heterocycles. The van der Waals surface area contributed by atoms with Gasteiger partial charge in [0.2, 0.25) is 0 Å². The highest BCUT2D eigenvalue weighted by atomic mass is 16.5. The molecule has 3 aliphatic rings. The van der Waals surface area contributed by atoms with Crippen molar-refractivity contribution in [3.8, 4) is 11.5 Å². The minimum Gasteiger partial charge on any atom is -0.493 e. The summed E-state index contributed by atoms with van der Waals surface area (Å²) in [6, 6.07) is 18.3. The lowest BCUT2D eigenvalue weighted by Crippen LogP contribution is -2.45. The third kappa shape index (κ3) is 3.28. The molecule has 7 nitrogen and oxygen atoms in total. The van der Waals surface area contributed by atoms with E-state index in [1.807, 2.05) is 51.1 Å². The van der Waals surface area contributed by atoms with Crippen molar-refractivity contribution in [2.24, 2.45) is 15.9 Å². The molecule has 6 rings (SSSR count). The third-order valence-corrected chi connectivity index (χ3v) is 8.35. The molecule has 2 heterocycles. The number of ether oxygens (including phenoxy) is 2. The van der Waals surface area contributed by atoms with Gasteiger partial charge in [0.1, 0.15) is 11.5 Å². The first-order valence-electron chi connectivity index (χ1n) is 13.0. The van der Waals surface area contributed by atoms with Gasteiger partial charge in [-0.3, -0.25) is 19.4 Å². The Balaban J connectivity index is 1.71. The van der Waals surface area contributed by atoms with Crippen LogP contribution in [0.15, 0.2) is 71.8 Å². The molecule has 0 bridgehead atoms. The van der Waals surface area contributed by atoms with Gasteiger partial charge in [-0.05, 0) is 28.8 Å². The van der Waals surface area contributed by atoms with Gasteiger partial charge in [0, 0.05) is 22.5 Å². The summed E-state index contributed by atoms with van der Waals surface area (Å²) >= 11 is 0. The SMILES string of the molecule is COc1ccc([C@H]2[C@H](C(=O)C(C)(C)C)N3N=Cc4ccccc4C3C23C(=O)c2ccccc2C3=O)cc1OC. The number of carbonyl (C=O) groups excluding carboxylic acids is 3. The fraction of sp³-hybridized carbons (Fsp3) is 0.312. The molecule has 1 fully saturated rings. The summed E-state index contributed by atoms with van der Waals surface area (Å²) in [5, 5.41) is 6.50. The maximum absolute atomic E-state index is 14.7. The minimum atomic E-state index is -1.61. The van der Waals surface area contributed by atoms with Gasteiger partial charge in [-0.15, -0.1) is 0 Å². The fourth-order valence-corrected chi connectivity index (χ4v) is 6.64. The van der Waals surface area contributed by atoms with Crippen molar-refractivity contribution in [3.63, 3.8) is 0 Å². The van der Waals surface area contributed by atoms with E-state index in [9.17, 15) is 14.4 Å². The lowest BCUT2D eigenvalue weighted by Gasteiger charge is -2.36. The minimum absolute atomic E-state index is 0.0998. The molecule has 0 radical (unpaired) electrons. The number of hydrazone groups is 1. The van der Waals surface area contributed by atoms with Crippen molar-refractivity contribution >= 4 is 23.6 Å². The summed E-state index contributed by atoms with van der Waals surface area (Å²) in [6.07, 6.45) is 1.72. The van der Waals surface area contributed by atoms with Gasteiger partial charge in [0.05, 0.1) is 26.5 Å². The number of hydrogen-bond acceptors (Lipinski definition) is 7. The lowest BCUT2D eigenvalue weighted by molar-refractivity contribution is -0.131. The molecule has 7 heteroatoms. The monoisotopic (exact) mass is 522 g/mol. The number of fused-ring (bicyclic) bond motifs is 5. The van der Waals surface area contributed by atoms with E-state index >= 15 is 0 Å². The van der Waals surface area contributed by atoms with Crippen molar-refractivity contribution in [1.82, 2.24) is 5.01 Å². The van der Waals surface area contributed by atoms with Crippen LogP contribution in [0.25, 0.3) is 0 Å². The molecule has 0 amide bonds. The summed E-state index contributed by atoms with van der Waals surface area (Å²) in [4.78, 5) is 43.7. The molecule has 1 aliphatic carbocycles. The highest BCUT2D eigenvalue weighted by molar-refractivity contribution is 6.31. The van der Waals surface area contributed by atoms with Crippen molar-refractivity contribution in [3.05, 3.63) is 94.5 Å². The number of carbonyl (C=O) groups is 3. The van der Waals surface area contributed by atoms with E-state index in [4.69, 9.17) is 14.6 Å². The van der Waals surface area contributed by atoms with E-state index in [-0.39, 0.29) is 17.3 Å². The Kier molecular flexibility index (Phi) is 5.54. The van der Waals surface area contributed by atoms with E-state index in [1.54, 1.807) is 54.7 Å². The summed E-state index contributed by atoms with van der Waals surface area (Å²) in [5.41, 5.74) is 0.656. The molecule has 3 aromatic rings. The summed E-state index contributed by atoms with van der Waals surface area (Å²) < 4.78 is 11.1. The molecule has 3 aromatic carbocycles. The van der Waals surface area contributed by atoms with Gasteiger partial charge in [0.15, 0.2) is 28.8 Å². The van der Waals surface area contributed by atoms with Crippen LogP contribution in [-0.2, 0) is 4.79 Å². The predicted molar refractivity (Wildman–Crippen MR) is 147 cm³/mol. The molecule has 1 unspecified atom stereocenters. The molecular weight excluding hydrogens is 492 g/mol. The zero-order chi connectivity index (χ0) is 27.7. The number of methoxy groups -OCH3 is 2. The number of hydrogen-bond donors (Lipinski definition) is 0. The van der Waals surface area contributed by atoms with Gasteiger partial charge >= 0.3 is 0 Å². The van der Waals surface area contributed by atoms with E-state index in [0.717, 1.165) is 11.1 Å². The Morgan fingerprint density at radius 3 is 2.10 bits per heavy atom. The van der Waals surface area contributed by atoms with Crippen LogP contribution in [0.4, 0.5) is 0 Å². The number of ketones is 3. The molecule has 2 aliphatic heterocycles. The van der Waals surface area contributed by atoms with Crippen molar-refractivity contribution in [1.29, 1.82) is 0 Å².